The van der Waals surface area contributed by atoms with E-state index < -0.39 is 41.6 Å². The van der Waals surface area contributed by atoms with Crippen LogP contribution in [-0.2, 0) is 23.9 Å². The molecule has 2 unspecified atom stereocenters. The van der Waals surface area contributed by atoms with E-state index in [1.807, 2.05) is 25.2 Å². The van der Waals surface area contributed by atoms with E-state index >= 15 is 0 Å². The summed E-state index contributed by atoms with van der Waals surface area (Å²) in [4.78, 5) is 50.7. The molecule has 3 N–H and O–H groups in total. The first-order chi connectivity index (χ1) is 24.3. The highest BCUT2D eigenvalue weighted by atomic mass is 16.5. The van der Waals surface area contributed by atoms with E-state index in [2.05, 4.69) is 19.9 Å². The van der Waals surface area contributed by atoms with Gasteiger partial charge in [0.1, 0.15) is 11.4 Å². The molecule has 5 aliphatic rings. The summed E-state index contributed by atoms with van der Waals surface area (Å²) in [5.74, 6) is -0.149. The van der Waals surface area contributed by atoms with Gasteiger partial charge in [0.15, 0.2) is 12.4 Å². The predicted molar refractivity (Wildman–Crippen MR) is 196 cm³/mol. The van der Waals surface area contributed by atoms with Crippen molar-refractivity contribution in [2.24, 2.45) is 34.5 Å². The minimum atomic E-state index is -1.54. The summed E-state index contributed by atoms with van der Waals surface area (Å²) in [5, 5.41) is 33.1. The van der Waals surface area contributed by atoms with Crippen molar-refractivity contribution in [3.8, 4) is 0 Å². The molecule has 3 fully saturated rings. The van der Waals surface area contributed by atoms with Crippen molar-refractivity contribution in [3.63, 3.8) is 0 Å². The Balaban J connectivity index is 1.03. The van der Waals surface area contributed by atoms with Crippen LogP contribution in [0.3, 0.4) is 0 Å². The second-order valence-corrected chi connectivity index (χ2v) is 17.0. The summed E-state index contributed by atoms with van der Waals surface area (Å²) in [5.41, 5.74) is 0.355. The molecule has 9 atom stereocenters. The number of hydrogen-bond donors (Lipinski definition) is 3. The molecule has 0 saturated heterocycles. The molecule has 0 bridgehead atoms. The quantitative estimate of drug-likeness (QED) is 0.0758. The van der Waals surface area contributed by atoms with Gasteiger partial charge in [0.2, 0.25) is 5.78 Å². The van der Waals surface area contributed by atoms with Gasteiger partial charge in [0.25, 0.3) is 0 Å². The molecule has 8 nitrogen and oxygen atoms in total. The molecule has 5 aliphatic carbocycles. The highest BCUT2D eigenvalue weighted by Gasteiger charge is 2.64. The van der Waals surface area contributed by atoms with Crippen LogP contribution in [0.4, 0.5) is 0 Å². The van der Waals surface area contributed by atoms with Crippen molar-refractivity contribution in [2.75, 3.05) is 6.61 Å². The number of Topliss-reactive ketones (excluding diaryl/α,β-unsaturated/α-hetero) is 2. The third-order valence-electron chi connectivity index (χ3n) is 14.0. The standard InChI is InChI=1S/C43H64O8/c1-4-5-6-7-10-13-30(44)17-19-33-32(37(46)27-38(33)47)14-11-8-9-12-15-40(49)51-28-39(48)43(50)25-22-36-34-18-16-29-26-31(45)20-23-41(29,2)35(34)21-24-42(36,43)3/h8,11,21,26,32-34,36-38,46-47,50H,4-7,9-10,12-20,22-25,27-28H2,1-3H3/b11-8-/t32-,33-,34-,36+,37+,38-,41?,42?,43+/m1/s1. The zero-order valence-corrected chi connectivity index (χ0v) is 31.5. The first kappa shape index (κ1) is 39.8. The molecule has 51 heavy (non-hydrogen) atoms. The van der Waals surface area contributed by atoms with Crippen molar-refractivity contribution in [2.45, 2.75) is 167 Å². The number of rotatable bonds is 18. The lowest BCUT2D eigenvalue weighted by molar-refractivity contribution is -0.163. The number of ketones is 3. The van der Waals surface area contributed by atoms with Crippen molar-refractivity contribution < 1.29 is 39.2 Å². The number of esters is 1. The molecule has 3 saturated carbocycles. The minimum absolute atomic E-state index is 0.0906. The van der Waals surface area contributed by atoms with Gasteiger partial charge in [-0.2, -0.15) is 0 Å². The van der Waals surface area contributed by atoms with Crippen LogP contribution in [0.1, 0.15) is 149 Å². The number of aliphatic hydroxyl groups is 3. The average Bonchev–Trinajstić information content (AvgIpc) is 3.54. The van der Waals surface area contributed by atoms with Crippen LogP contribution in [0.25, 0.3) is 0 Å². The average molecular weight is 709 g/mol. The molecular weight excluding hydrogens is 644 g/mol. The van der Waals surface area contributed by atoms with Crippen LogP contribution < -0.4 is 0 Å². The largest absolute Gasteiger partial charge is 0.458 e. The molecule has 0 aromatic rings. The van der Waals surface area contributed by atoms with Gasteiger partial charge in [-0.1, -0.05) is 75.8 Å². The molecule has 284 valence electrons. The van der Waals surface area contributed by atoms with E-state index in [0.717, 1.165) is 38.5 Å². The van der Waals surface area contributed by atoms with E-state index in [4.69, 9.17) is 4.74 Å². The number of unbranched alkanes of at least 4 members (excludes halogenated alkanes) is 5. The monoisotopic (exact) mass is 708 g/mol. The Labute approximate surface area is 305 Å². The Bertz CT molecular complexity index is 1380. The van der Waals surface area contributed by atoms with Gasteiger partial charge in [-0.3, -0.25) is 19.2 Å². The zero-order valence-electron chi connectivity index (χ0n) is 31.5. The number of allylic oxidation sites excluding steroid dienone is 6. The highest BCUT2D eigenvalue weighted by Crippen LogP contribution is 2.65. The normalized spacial score (nSPS) is 35.9. The number of carbonyl (C=O) groups is 4. The zero-order chi connectivity index (χ0) is 36.8. The Morgan fingerprint density at radius 3 is 2.47 bits per heavy atom. The Kier molecular flexibility index (Phi) is 13.4. The van der Waals surface area contributed by atoms with E-state index in [9.17, 15) is 34.5 Å². The summed E-state index contributed by atoms with van der Waals surface area (Å²) < 4.78 is 5.41. The topological polar surface area (TPSA) is 138 Å². The molecular formula is C43H64O8. The predicted octanol–water partition coefficient (Wildman–Crippen LogP) is 7.47. The number of hydrogen-bond acceptors (Lipinski definition) is 8. The maximum Gasteiger partial charge on any atom is 0.306 e. The van der Waals surface area contributed by atoms with Crippen molar-refractivity contribution >= 4 is 23.3 Å². The van der Waals surface area contributed by atoms with Gasteiger partial charge >= 0.3 is 5.97 Å². The number of carbonyl (C=O) groups excluding carboxylic acids is 4. The summed E-state index contributed by atoms with van der Waals surface area (Å²) in [7, 11) is 0. The summed E-state index contributed by atoms with van der Waals surface area (Å²) in [6.45, 7) is 6.04. The third-order valence-corrected chi connectivity index (χ3v) is 14.0. The Hall–Kier alpha value is -2.42. The first-order valence-electron chi connectivity index (χ1n) is 20.2. The van der Waals surface area contributed by atoms with Gasteiger partial charge in [0, 0.05) is 36.5 Å². The van der Waals surface area contributed by atoms with Gasteiger partial charge < -0.3 is 20.1 Å². The second kappa shape index (κ2) is 17.2. The summed E-state index contributed by atoms with van der Waals surface area (Å²) >= 11 is 0. The van der Waals surface area contributed by atoms with Crippen LogP contribution in [-0.4, -0.2) is 63.1 Å². The lowest BCUT2D eigenvalue weighted by Gasteiger charge is -2.54. The molecule has 0 spiro atoms. The van der Waals surface area contributed by atoms with Gasteiger partial charge in [0.05, 0.1) is 12.2 Å². The Morgan fingerprint density at radius 2 is 1.69 bits per heavy atom. The number of ether oxygens (including phenoxy) is 1. The van der Waals surface area contributed by atoms with Gasteiger partial charge in [-0.05, 0) is 107 Å². The fourth-order valence-corrected chi connectivity index (χ4v) is 10.7. The minimum Gasteiger partial charge on any atom is -0.458 e. The molecule has 0 aromatic heterocycles. The van der Waals surface area contributed by atoms with Crippen molar-refractivity contribution in [3.05, 3.63) is 35.5 Å². The lowest BCUT2D eigenvalue weighted by Crippen LogP contribution is -2.55. The molecule has 0 aliphatic heterocycles. The van der Waals surface area contributed by atoms with Crippen molar-refractivity contribution in [1.82, 2.24) is 0 Å². The second-order valence-electron chi connectivity index (χ2n) is 17.0. The maximum atomic E-state index is 13.5. The van der Waals surface area contributed by atoms with Crippen LogP contribution >= 0.6 is 0 Å². The van der Waals surface area contributed by atoms with Crippen LogP contribution in [0.5, 0.6) is 0 Å². The van der Waals surface area contributed by atoms with E-state index in [1.165, 1.54) is 30.4 Å². The van der Waals surface area contributed by atoms with Crippen LogP contribution in [0, 0.1) is 34.5 Å². The maximum absolute atomic E-state index is 13.5. The fourth-order valence-electron chi connectivity index (χ4n) is 10.7. The van der Waals surface area contributed by atoms with E-state index in [-0.39, 0.29) is 47.1 Å². The smallest absolute Gasteiger partial charge is 0.306 e. The van der Waals surface area contributed by atoms with E-state index in [0.29, 0.717) is 64.2 Å². The Morgan fingerprint density at radius 1 is 0.922 bits per heavy atom. The third kappa shape index (κ3) is 8.54. The number of fused-ring (bicyclic) bond motifs is 5. The lowest BCUT2D eigenvalue weighted by atomic mass is 9.50. The van der Waals surface area contributed by atoms with Gasteiger partial charge in [-0.25, -0.2) is 0 Å². The summed E-state index contributed by atoms with van der Waals surface area (Å²) in [6, 6.07) is 0. The molecule has 8 heteroatoms. The van der Waals surface area contributed by atoms with E-state index in [1.54, 1.807) is 0 Å². The first-order valence-corrected chi connectivity index (χ1v) is 20.2. The van der Waals surface area contributed by atoms with Crippen LogP contribution in [0.2, 0.25) is 0 Å². The molecule has 0 heterocycles. The molecule has 0 aromatic carbocycles. The number of aliphatic hydroxyl groups excluding tert-OH is 2. The SMILES string of the molecule is CCCCCCCC(=O)CC[C@@H]1[C@@H](C/C=C\CCCC(=O)OCC(=O)[C@@]2(O)CC[C@H]3[C@@H]4CCC5=CC(=O)CCC5(C)C4=CCC32C)[C@@H](O)C[C@H]1O. The molecule has 0 radical (unpaired) electrons. The summed E-state index contributed by atoms with van der Waals surface area (Å²) in [6.07, 6.45) is 21.3. The molecule has 0 amide bonds. The van der Waals surface area contributed by atoms with Gasteiger partial charge in [-0.15, -0.1) is 0 Å². The highest BCUT2D eigenvalue weighted by molar-refractivity contribution is 5.92. The fraction of sp³-hybridized carbons (Fsp3) is 0.767. The van der Waals surface area contributed by atoms with Crippen LogP contribution in [0.15, 0.2) is 35.5 Å². The van der Waals surface area contributed by atoms with Crippen molar-refractivity contribution in [1.29, 1.82) is 0 Å². The molecule has 5 rings (SSSR count).